The van der Waals surface area contributed by atoms with E-state index in [-0.39, 0.29) is 9.93 Å². The van der Waals surface area contributed by atoms with E-state index in [4.69, 9.17) is 4.74 Å². The van der Waals surface area contributed by atoms with E-state index >= 15 is 0 Å². The van der Waals surface area contributed by atoms with Crippen LogP contribution in [0.1, 0.15) is 27.2 Å². The topological polar surface area (TPSA) is 9.23 Å². The molecule has 0 N–H and O–H groups in total. The van der Waals surface area contributed by atoms with E-state index < -0.39 is 0 Å². The molecule has 0 bridgehead atoms. The molecule has 0 amide bonds. The van der Waals surface area contributed by atoms with Gasteiger partial charge in [0.2, 0.25) is 0 Å². The quantitative estimate of drug-likeness (QED) is 0.640. The highest BCUT2D eigenvalue weighted by Crippen LogP contribution is 2.39. The number of methoxy groups -OCH3 is 1. The third-order valence-electron chi connectivity index (χ3n) is 2.38. The van der Waals surface area contributed by atoms with Gasteiger partial charge >= 0.3 is 0 Å². The first-order valence-electron chi connectivity index (χ1n) is 4.50. The van der Waals surface area contributed by atoms with Gasteiger partial charge in [-0.05, 0) is 27.4 Å². The molecule has 1 atom stereocenters. The van der Waals surface area contributed by atoms with Crippen LogP contribution >= 0.6 is 15.9 Å². The summed E-state index contributed by atoms with van der Waals surface area (Å²) in [6, 6.07) is 0. The largest absolute Gasteiger partial charge is 0.363 e. The van der Waals surface area contributed by atoms with Crippen molar-refractivity contribution in [2.75, 3.05) is 7.11 Å². The number of halogens is 1. The van der Waals surface area contributed by atoms with Crippen LogP contribution in [0, 0.1) is 5.41 Å². The summed E-state index contributed by atoms with van der Waals surface area (Å²) >= 11 is 3.58. The Hall–Kier alpha value is -0.0800. The van der Waals surface area contributed by atoms with Crippen molar-refractivity contribution in [1.82, 2.24) is 0 Å². The molecule has 0 aliphatic heterocycles. The van der Waals surface area contributed by atoms with Crippen LogP contribution in [0.5, 0.6) is 0 Å². The van der Waals surface area contributed by atoms with Crippen LogP contribution in [-0.2, 0) is 4.74 Å². The first kappa shape index (κ1) is 11.0. The monoisotopic (exact) mass is 244 g/mol. The lowest BCUT2D eigenvalue weighted by molar-refractivity contribution is 0.112. The number of alkyl halides is 1. The van der Waals surface area contributed by atoms with Crippen LogP contribution in [0.3, 0.4) is 0 Å². The van der Waals surface area contributed by atoms with Gasteiger partial charge < -0.3 is 4.74 Å². The molecule has 0 aromatic heterocycles. The molecule has 1 nitrogen and oxygen atoms in total. The summed E-state index contributed by atoms with van der Waals surface area (Å²) in [4.78, 5) is 0. The molecular weight excluding hydrogens is 228 g/mol. The Morgan fingerprint density at radius 3 is 2.54 bits per heavy atom. The minimum atomic E-state index is -0.287. The zero-order valence-electron chi connectivity index (χ0n) is 8.73. The van der Waals surface area contributed by atoms with Gasteiger partial charge in [0.1, 0.15) is 4.51 Å². The molecular formula is C11H17BrO. The van der Waals surface area contributed by atoms with Crippen molar-refractivity contribution >= 4 is 15.9 Å². The summed E-state index contributed by atoms with van der Waals surface area (Å²) < 4.78 is 5.11. The molecule has 1 aliphatic rings. The van der Waals surface area contributed by atoms with Crippen molar-refractivity contribution in [2.45, 2.75) is 31.7 Å². The molecule has 0 heterocycles. The van der Waals surface area contributed by atoms with Crippen molar-refractivity contribution in [2.24, 2.45) is 5.41 Å². The second-order valence-electron chi connectivity index (χ2n) is 4.47. The Morgan fingerprint density at radius 1 is 1.46 bits per heavy atom. The second-order valence-corrected chi connectivity index (χ2v) is 5.81. The van der Waals surface area contributed by atoms with Crippen LogP contribution in [-0.4, -0.2) is 11.6 Å². The summed E-state index contributed by atoms with van der Waals surface area (Å²) in [6.07, 6.45) is 7.20. The third-order valence-corrected chi connectivity index (χ3v) is 3.25. The average molecular weight is 245 g/mol. The number of allylic oxidation sites excluding steroid dienone is 2. The first-order chi connectivity index (χ1) is 5.87. The highest BCUT2D eigenvalue weighted by molar-refractivity contribution is 9.10. The molecule has 13 heavy (non-hydrogen) atoms. The molecule has 0 fully saturated rings. The van der Waals surface area contributed by atoms with Gasteiger partial charge in [-0.2, -0.15) is 0 Å². The molecule has 0 aromatic carbocycles. The van der Waals surface area contributed by atoms with Gasteiger partial charge in [0.05, 0.1) is 0 Å². The van der Waals surface area contributed by atoms with Gasteiger partial charge in [0.25, 0.3) is 0 Å². The number of hydrogen-bond donors (Lipinski definition) is 0. The van der Waals surface area contributed by atoms with E-state index in [1.807, 2.05) is 6.08 Å². The molecule has 0 aromatic rings. The second kappa shape index (κ2) is 3.58. The zero-order valence-corrected chi connectivity index (χ0v) is 10.3. The summed E-state index contributed by atoms with van der Waals surface area (Å²) in [5.74, 6) is 0. The third kappa shape index (κ3) is 2.68. The molecule has 1 aliphatic carbocycles. The maximum absolute atomic E-state index is 5.39. The van der Waals surface area contributed by atoms with E-state index in [1.54, 1.807) is 7.11 Å². The van der Waals surface area contributed by atoms with Gasteiger partial charge in [-0.15, -0.1) is 0 Å². The lowest BCUT2D eigenvalue weighted by atomic mass is 9.81. The summed E-state index contributed by atoms with van der Waals surface area (Å²) in [6.45, 7) is 6.67. The van der Waals surface area contributed by atoms with E-state index in [2.05, 4.69) is 48.9 Å². The maximum Gasteiger partial charge on any atom is 0.144 e. The lowest BCUT2D eigenvalue weighted by Gasteiger charge is -2.32. The fourth-order valence-corrected chi connectivity index (χ4v) is 1.80. The molecule has 2 heteroatoms. The number of hydrogen-bond acceptors (Lipinski definition) is 1. The zero-order chi connectivity index (χ0) is 10.1. The minimum Gasteiger partial charge on any atom is -0.363 e. The number of ether oxygens (including phenoxy) is 1. The normalized spacial score (nSPS) is 28.8. The van der Waals surface area contributed by atoms with E-state index in [0.29, 0.717) is 0 Å². The van der Waals surface area contributed by atoms with Crippen LogP contribution in [0.15, 0.2) is 23.8 Å². The maximum atomic E-state index is 5.39. The van der Waals surface area contributed by atoms with Crippen molar-refractivity contribution in [3.63, 3.8) is 0 Å². The van der Waals surface area contributed by atoms with Gasteiger partial charge in [-0.25, -0.2) is 0 Å². The molecule has 0 radical (unpaired) electrons. The Kier molecular flexibility index (Phi) is 3.03. The molecule has 1 unspecified atom stereocenters. The predicted octanol–water partition coefficient (Wildman–Crippen LogP) is 3.66. The van der Waals surface area contributed by atoms with Crippen molar-refractivity contribution in [1.29, 1.82) is 0 Å². The average Bonchev–Trinajstić information content (AvgIpc) is 2.03. The van der Waals surface area contributed by atoms with Gasteiger partial charge in [0.15, 0.2) is 0 Å². The predicted molar refractivity (Wildman–Crippen MR) is 60.0 cm³/mol. The Bertz CT molecular complexity index is 247. The Labute approximate surface area is 89.0 Å². The lowest BCUT2D eigenvalue weighted by Crippen LogP contribution is -2.26. The molecule has 0 spiro atoms. The summed E-state index contributed by atoms with van der Waals surface area (Å²) in [5.41, 5.74) is 1.64. The van der Waals surface area contributed by atoms with Gasteiger partial charge in [-0.3, -0.25) is 0 Å². The van der Waals surface area contributed by atoms with E-state index in [1.165, 1.54) is 5.57 Å². The van der Waals surface area contributed by atoms with Crippen molar-refractivity contribution < 1.29 is 4.74 Å². The highest BCUT2D eigenvalue weighted by atomic mass is 79.9. The summed E-state index contributed by atoms with van der Waals surface area (Å²) in [5, 5.41) is 0. The molecule has 0 saturated carbocycles. The molecule has 74 valence electrons. The SMILES string of the molecule is COC1(Br)C=CC=C(C(C)(C)C)C1. The van der Waals surface area contributed by atoms with Crippen molar-refractivity contribution in [3.05, 3.63) is 23.8 Å². The Balaban J connectivity index is 2.84. The van der Waals surface area contributed by atoms with Crippen LogP contribution in [0.4, 0.5) is 0 Å². The fraction of sp³-hybridized carbons (Fsp3) is 0.636. The number of rotatable bonds is 1. The Morgan fingerprint density at radius 2 is 2.08 bits per heavy atom. The summed E-state index contributed by atoms with van der Waals surface area (Å²) in [7, 11) is 1.73. The van der Waals surface area contributed by atoms with Crippen molar-refractivity contribution in [3.8, 4) is 0 Å². The standard InChI is InChI=1S/C11H17BrO/c1-10(2,3)9-6-5-7-11(12,8-9)13-4/h5-7H,8H2,1-4H3. The smallest absolute Gasteiger partial charge is 0.144 e. The highest BCUT2D eigenvalue weighted by Gasteiger charge is 2.30. The van der Waals surface area contributed by atoms with Crippen LogP contribution < -0.4 is 0 Å². The van der Waals surface area contributed by atoms with Crippen LogP contribution in [0.2, 0.25) is 0 Å². The van der Waals surface area contributed by atoms with Gasteiger partial charge in [0, 0.05) is 13.5 Å². The van der Waals surface area contributed by atoms with E-state index in [0.717, 1.165) is 6.42 Å². The molecule has 0 saturated heterocycles. The molecule has 1 rings (SSSR count). The van der Waals surface area contributed by atoms with E-state index in [9.17, 15) is 0 Å². The van der Waals surface area contributed by atoms with Crippen LogP contribution in [0.25, 0.3) is 0 Å². The minimum absolute atomic E-state index is 0.225. The van der Waals surface area contributed by atoms with Gasteiger partial charge in [-0.1, -0.05) is 38.5 Å². The fourth-order valence-electron chi connectivity index (χ4n) is 1.34. The first-order valence-corrected chi connectivity index (χ1v) is 5.30.